The van der Waals surface area contributed by atoms with Crippen LogP contribution in [0.4, 0.5) is 0 Å². The third-order valence-electron chi connectivity index (χ3n) is 5.02. The summed E-state index contributed by atoms with van der Waals surface area (Å²) < 4.78 is 0. The van der Waals surface area contributed by atoms with Crippen molar-refractivity contribution in [3.05, 3.63) is 0 Å². The van der Waals surface area contributed by atoms with Crippen molar-refractivity contribution in [1.82, 2.24) is 0 Å². The van der Waals surface area contributed by atoms with E-state index in [0.717, 1.165) is 11.8 Å². The van der Waals surface area contributed by atoms with Gasteiger partial charge in [0.05, 0.1) is 0 Å². The van der Waals surface area contributed by atoms with Gasteiger partial charge in [0.2, 0.25) is 0 Å². The number of hydrogen-bond acceptors (Lipinski definition) is 1. The highest BCUT2D eigenvalue weighted by Gasteiger charge is 2.48. The monoisotopic (exact) mass is 208 g/mol. The molecule has 0 aliphatic heterocycles. The maximum atomic E-state index is 12.0. The van der Waals surface area contributed by atoms with E-state index in [1.54, 1.807) is 0 Å². The average Bonchev–Trinajstić information content (AvgIpc) is 2.17. The molecule has 0 bridgehead atoms. The third-order valence-corrected chi connectivity index (χ3v) is 5.02. The molecule has 3 unspecified atom stereocenters. The van der Waals surface area contributed by atoms with Gasteiger partial charge in [0, 0.05) is 5.41 Å². The molecule has 2 aliphatic carbocycles. The second-order valence-corrected chi connectivity index (χ2v) is 6.17. The van der Waals surface area contributed by atoms with E-state index in [0.29, 0.717) is 11.7 Å². The van der Waals surface area contributed by atoms with Crippen molar-refractivity contribution in [3.8, 4) is 0 Å². The molecule has 0 aromatic rings. The molecule has 0 aromatic carbocycles. The van der Waals surface area contributed by atoms with Crippen LogP contribution in [-0.2, 0) is 4.79 Å². The van der Waals surface area contributed by atoms with E-state index in [-0.39, 0.29) is 5.41 Å². The first-order valence-corrected chi connectivity index (χ1v) is 6.55. The van der Waals surface area contributed by atoms with Gasteiger partial charge in [-0.2, -0.15) is 0 Å². The summed E-state index contributed by atoms with van der Waals surface area (Å²) in [7, 11) is 0. The molecule has 0 heterocycles. The fraction of sp³-hybridized carbons (Fsp3) is 0.929. The van der Waals surface area contributed by atoms with Crippen LogP contribution in [0.15, 0.2) is 0 Å². The Morgan fingerprint density at radius 2 is 1.53 bits per heavy atom. The van der Waals surface area contributed by atoms with Crippen LogP contribution in [0.5, 0.6) is 0 Å². The first-order valence-electron chi connectivity index (χ1n) is 6.55. The Hall–Kier alpha value is -0.330. The molecule has 0 aromatic heterocycles. The second kappa shape index (κ2) is 3.92. The molecule has 2 fully saturated rings. The summed E-state index contributed by atoms with van der Waals surface area (Å²) in [6.45, 7) is 6.53. The molecule has 4 atom stereocenters. The van der Waals surface area contributed by atoms with Gasteiger partial charge in [0.1, 0.15) is 5.78 Å². The van der Waals surface area contributed by atoms with Gasteiger partial charge in [0.15, 0.2) is 0 Å². The minimum Gasteiger partial charge on any atom is -0.299 e. The topological polar surface area (TPSA) is 17.1 Å². The summed E-state index contributed by atoms with van der Waals surface area (Å²) in [6.07, 6.45) is 7.46. The van der Waals surface area contributed by atoms with E-state index in [4.69, 9.17) is 0 Å². The lowest BCUT2D eigenvalue weighted by molar-refractivity contribution is -0.136. The Balaban J connectivity index is 2.21. The van der Waals surface area contributed by atoms with Crippen molar-refractivity contribution in [2.24, 2.45) is 23.2 Å². The standard InChI is InChI=1S/C14H24O/c1-10-4-6-14(12(3)15)7-5-11(2)9-13(14)8-10/h10-11,13H,4-9H2,1-3H3/t10-,11?,13?,14?/m1/s1. The Labute approximate surface area is 93.6 Å². The van der Waals surface area contributed by atoms with Gasteiger partial charge >= 0.3 is 0 Å². The lowest BCUT2D eigenvalue weighted by atomic mass is 9.54. The molecule has 2 saturated carbocycles. The van der Waals surface area contributed by atoms with Gasteiger partial charge in [-0.05, 0) is 63.2 Å². The maximum Gasteiger partial charge on any atom is 0.136 e. The lowest BCUT2D eigenvalue weighted by Gasteiger charge is -2.49. The Kier molecular flexibility index (Phi) is 2.92. The maximum absolute atomic E-state index is 12.0. The van der Waals surface area contributed by atoms with Crippen LogP contribution in [0.3, 0.4) is 0 Å². The average molecular weight is 208 g/mol. The molecule has 0 radical (unpaired) electrons. The van der Waals surface area contributed by atoms with E-state index < -0.39 is 0 Å². The molecule has 0 N–H and O–H groups in total. The highest BCUT2D eigenvalue weighted by Crippen LogP contribution is 2.53. The van der Waals surface area contributed by atoms with Crippen molar-refractivity contribution >= 4 is 5.78 Å². The number of ketones is 1. The van der Waals surface area contributed by atoms with Crippen LogP contribution in [0, 0.1) is 23.2 Å². The molecule has 2 rings (SSSR count). The minimum atomic E-state index is 0.0963. The van der Waals surface area contributed by atoms with E-state index in [9.17, 15) is 4.79 Å². The Morgan fingerprint density at radius 1 is 1.07 bits per heavy atom. The van der Waals surface area contributed by atoms with Gasteiger partial charge in [-0.15, -0.1) is 0 Å². The van der Waals surface area contributed by atoms with Crippen molar-refractivity contribution in [3.63, 3.8) is 0 Å². The van der Waals surface area contributed by atoms with Crippen LogP contribution in [0.2, 0.25) is 0 Å². The van der Waals surface area contributed by atoms with Crippen molar-refractivity contribution < 1.29 is 4.79 Å². The first kappa shape index (κ1) is 11.2. The summed E-state index contributed by atoms with van der Waals surface area (Å²) in [5, 5.41) is 0. The molecule has 0 spiro atoms. The number of hydrogen-bond donors (Lipinski definition) is 0. The van der Waals surface area contributed by atoms with Gasteiger partial charge in [-0.1, -0.05) is 13.8 Å². The first-order chi connectivity index (χ1) is 7.04. The highest BCUT2D eigenvalue weighted by molar-refractivity contribution is 5.83. The summed E-state index contributed by atoms with van der Waals surface area (Å²) in [4.78, 5) is 12.0. The lowest BCUT2D eigenvalue weighted by Crippen LogP contribution is -2.45. The zero-order valence-electron chi connectivity index (χ0n) is 10.4. The van der Waals surface area contributed by atoms with Crippen molar-refractivity contribution in [2.45, 2.75) is 59.3 Å². The predicted octanol–water partition coefficient (Wildman–Crippen LogP) is 3.82. The Morgan fingerprint density at radius 3 is 1.93 bits per heavy atom. The number of fused-ring (bicyclic) bond motifs is 1. The summed E-state index contributed by atoms with van der Waals surface area (Å²) >= 11 is 0. The molecule has 1 heteroatoms. The van der Waals surface area contributed by atoms with Crippen LogP contribution in [-0.4, -0.2) is 5.78 Å². The van der Waals surface area contributed by atoms with E-state index in [1.165, 1.54) is 38.5 Å². The number of carbonyl (C=O) groups excluding carboxylic acids is 1. The summed E-state index contributed by atoms with van der Waals surface area (Å²) in [5.74, 6) is 2.86. The van der Waals surface area contributed by atoms with E-state index >= 15 is 0 Å². The van der Waals surface area contributed by atoms with Crippen LogP contribution >= 0.6 is 0 Å². The molecule has 0 saturated heterocycles. The highest BCUT2D eigenvalue weighted by atomic mass is 16.1. The van der Waals surface area contributed by atoms with Gasteiger partial charge < -0.3 is 0 Å². The normalized spacial score (nSPS) is 45.9. The second-order valence-electron chi connectivity index (χ2n) is 6.17. The zero-order valence-corrected chi connectivity index (χ0v) is 10.4. The SMILES string of the molecule is CC(=O)C12CCC(C)CC1C[C@H](C)CC2. The molecule has 15 heavy (non-hydrogen) atoms. The molecule has 86 valence electrons. The predicted molar refractivity (Wildman–Crippen MR) is 62.6 cm³/mol. The summed E-state index contributed by atoms with van der Waals surface area (Å²) in [5.41, 5.74) is 0.0963. The van der Waals surface area contributed by atoms with E-state index in [1.807, 2.05) is 6.92 Å². The molecule has 2 aliphatic rings. The number of carbonyl (C=O) groups is 1. The smallest absolute Gasteiger partial charge is 0.136 e. The quantitative estimate of drug-likeness (QED) is 0.640. The fourth-order valence-corrected chi connectivity index (χ4v) is 3.94. The van der Waals surface area contributed by atoms with Crippen LogP contribution in [0.25, 0.3) is 0 Å². The third kappa shape index (κ3) is 1.86. The molecular formula is C14H24O. The van der Waals surface area contributed by atoms with Crippen LogP contribution in [0.1, 0.15) is 59.3 Å². The molecule has 1 nitrogen and oxygen atoms in total. The van der Waals surface area contributed by atoms with Gasteiger partial charge in [-0.3, -0.25) is 4.79 Å². The van der Waals surface area contributed by atoms with Crippen LogP contribution < -0.4 is 0 Å². The molecular weight excluding hydrogens is 184 g/mol. The number of rotatable bonds is 1. The molecule has 0 amide bonds. The summed E-state index contributed by atoms with van der Waals surface area (Å²) in [6, 6.07) is 0. The largest absolute Gasteiger partial charge is 0.299 e. The van der Waals surface area contributed by atoms with Crippen molar-refractivity contribution in [1.29, 1.82) is 0 Å². The Bertz CT molecular complexity index is 240. The fourth-order valence-electron chi connectivity index (χ4n) is 3.94. The zero-order chi connectivity index (χ0) is 11.1. The van der Waals surface area contributed by atoms with E-state index in [2.05, 4.69) is 13.8 Å². The minimum absolute atomic E-state index is 0.0963. The number of Topliss-reactive ketones (excluding diaryl/α,β-unsaturated/α-hetero) is 1. The van der Waals surface area contributed by atoms with Crippen molar-refractivity contribution in [2.75, 3.05) is 0 Å². The van der Waals surface area contributed by atoms with Gasteiger partial charge in [-0.25, -0.2) is 0 Å². The van der Waals surface area contributed by atoms with Gasteiger partial charge in [0.25, 0.3) is 0 Å².